The van der Waals surface area contributed by atoms with E-state index in [9.17, 15) is 15.1 Å². The number of aryl methyl sites for hydroxylation is 1. The summed E-state index contributed by atoms with van der Waals surface area (Å²) in [5, 5.41) is 26.2. The van der Waals surface area contributed by atoms with E-state index in [1.165, 1.54) is 5.01 Å². The van der Waals surface area contributed by atoms with Gasteiger partial charge in [0.15, 0.2) is 6.10 Å². The summed E-state index contributed by atoms with van der Waals surface area (Å²) >= 11 is 6.06. The van der Waals surface area contributed by atoms with Gasteiger partial charge in [-0.05, 0) is 81.1 Å². The standard InChI is InChI=1S/C28H31ClN4O5/c1-16-25(24-15-37-26(23(24)14-30-16)18-7-10-20(29)11-8-18)22-13-19(9-12-21(22)27(34)35)17(2)38-31-33(36)32(6)28(3,4)5/h7-14,17,26H,15H2,1-6H3,(H-,31,34,35,36)/p+1. The topological polar surface area (TPSA) is 107 Å². The zero-order chi connectivity index (χ0) is 27.8. The Morgan fingerprint density at radius 1 is 1.26 bits per heavy atom. The highest BCUT2D eigenvalue weighted by Crippen LogP contribution is 2.43. The van der Waals surface area contributed by atoms with Gasteiger partial charge in [-0.15, -0.1) is 5.01 Å². The van der Waals surface area contributed by atoms with Crippen LogP contribution in [0.15, 0.2) is 53.9 Å². The van der Waals surface area contributed by atoms with Gasteiger partial charge < -0.3 is 14.7 Å². The molecular formula is C28H32ClN4O5+. The van der Waals surface area contributed by atoms with Gasteiger partial charge in [-0.3, -0.25) is 4.98 Å². The number of rotatable bonds is 7. The van der Waals surface area contributed by atoms with Crippen molar-refractivity contribution in [3.8, 4) is 11.1 Å². The van der Waals surface area contributed by atoms with Crippen LogP contribution in [0.4, 0.5) is 0 Å². The van der Waals surface area contributed by atoms with Gasteiger partial charge in [0.25, 0.3) is 10.2 Å². The van der Waals surface area contributed by atoms with Crippen molar-refractivity contribution in [2.75, 3.05) is 7.05 Å². The van der Waals surface area contributed by atoms with Crippen LogP contribution in [0.3, 0.4) is 0 Å². The molecule has 38 heavy (non-hydrogen) atoms. The third-order valence-electron chi connectivity index (χ3n) is 6.79. The van der Waals surface area contributed by atoms with E-state index in [1.807, 2.05) is 52.0 Å². The number of ether oxygens (including phenoxy) is 1. The SMILES string of the molecule is Cc1ncc2c(c1-c1cc(C(C)O/N=[N+](\O)N(C)C(C)(C)C)ccc1C(=O)O)COC2c1ccc(Cl)cc1. The van der Waals surface area contributed by atoms with Crippen molar-refractivity contribution in [3.63, 3.8) is 0 Å². The highest BCUT2D eigenvalue weighted by atomic mass is 35.5. The number of pyridine rings is 1. The molecule has 3 aromatic rings. The van der Waals surface area contributed by atoms with Crippen LogP contribution in [0, 0.1) is 6.92 Å². The molecule has 0 aliphatic carbocycles. The van der Waals surface area contributed by atoms with E-state index >= 15 is 0 Å². The fourth-order valence-electron chi connectivity index (χ4n) is 4.29. The number of aromatic carboxylic acids is 1. The molecule has 2 unspecified atom stereocenters. The third-order valence-corrected chi connectivity index (χ3v) is 7.04. The molecule has 200 valence electrons. The molecule has 1 aliphatic rings. The summed E-state index contributed by atoms with van der Waals surface area (Å²) in [5.41, 5.74) is 5.08. The number of carbonyl (C=O) groups is 1. The average molecular weight is 540 g/mol. The van der Waals surface area contributed by atoms with Crippen molar-refractivity contribution in [3.05, 3.63) is 87.2 Å². The Morgan fingerprint density at radius 3 is 2.58 bits per heavy atom. The second-order valence-electron chi connectivity index (χ2n) is 10.3. The Morgan fingerprint density at radius 2 is 1.95 bits per heavy atom. The molecule has 0 fully saturated rings. The number of carboxylic acids is 1. The number of hydrazine groups is 1. The van der Waals surface area contributed by atoms with Gasteiger partial charge in [-0.1, -0.05) is 29.8 Å². The van der Waals surface area contributed by atoms with Gasteiger partial charge in [0, 0.05) is 28.0 Å². The lowest BCUT2D eigenvalue weighted by atomic mass is 9.89. The summed E-state index contributed by atoms with van der Waals surface area (Å²) in [6.45, 7) is 9.69. The molecule has 4 rings (SSSR count). The van der Waals surface area contributed by atoms with Crippen LogP contribution in [-0.4, -0.2) is 43.8 Å². The number of carboxylic acid groups (broad SMARTS) is 1. The maximum absolute atomic E-state index is 12.2. The smallest absolute Gasteiger partial charge is 0.336 e. The molecule has 1 aromatic heterocycles. The van der Waals surface area contributed by atoms with E-state index in [4.69, 9.17) is 21.2 Å². The van der Waals surface area contributed by atoms with Crippen molar-refractivity contribution in [2.24, 2.45) is 5.28 Å². The van der Waals surface area contributed by atoms with E-state index < -0.39 is 12.1 Å². The van der Waals surface area contributed by atoms with Crippen molar-refractivity contribution in [1.29, 1.82) is 0 Å². The quantitative estimate of drug-likeness (QED) is 0.200. The molecule has 0 spiro atoms. The van der Waals surface area contributed by atoms with Crippen molar-refractivity contribution >= 4 is 17.6 Å². The number of fused-ring (bicyclic) bond motifs is 1. The first kappa shape index (κ1) is 27.3. The monoisotopic (exact) mass is 539 g/mol. The first-order chi connectivity index (χ1) is 17.9. The molecule has 0 radical (unpaired) electrons. The third kappa shape index (κ3) is 5.44. The van der Waals surface area contributed by atoms with Gasteiger partial charge in [-0.2, -0.15) is 0 Å². The van der Waals surface area contributed by atoms with E-state index in [2.05, 4.69) is 10.3 Å². The number of aromatic nitrogens is 1. The summed E-state index contributed by atoms with van der Waals surface area (Å²) in [7, 11) is 1.68. The molecule has 0 saturated carbocycles. The number of hydrogen-bond acceptors (Lipinski definition) is 5. The molecule has 0 saturated heterocycles. The van der Waals surface area contributed by atoms with Gasteiger partial charge >= 0.3 is 5.97 Å². The minimum absolute atomic E-state index is 0.141. The lowest BCUT2D eigenvalue weighted by Crippen LogP contribution is -2.43. The molecule has 2 heterocycles. The predicted octanol–water partition coefficient (Wildman–Crippen LogP) is 6.52. The lowest BCUT2D eigenvalue weighted by molar-refractivity contribution is -0.946. The van der Waals surface area contributed by atoms with Crippen LogP contribution in [0.25, 0.3) is 11.1 Å². The van der Waals surface area contributed by atoms with Crippen molar-refractivity contribution < 1.29 is 29.7 Å². The second kappa shape index (κ2) is 10.6. The van der Waals surface area contributed by atoms with E-state index in [0.29, 0.717) is 33.4 Å². The molecule has 10 heteroatoms. The minimum atomic E-state index is -1.05. The predicted molar refractivity (Wildman–Crippen MR) is 141 cm³/mol. The fourth-order valence-corrected chi connectivity index (χ4v) is 4.41. The first-order valence-corrected chi connectivity index (χ1v) is 12.6. The molecule has 1 aliphatic heterocycles. The zero-order valence-corrected chi connectivity index (χ0v) is 23.0. The van der Waals surface area contributed by atoms with Crippen LogP contribution in [0.2, 0.25) is 5.02 Å². The van der Waals surface area contributed by atoms with Gasteiger partial charge in [0.05, 0.1) is 24.8 Å². The Labute approximate surface area is 226 Å². The number of benzene rings is 2. The maximum atomic E-state index is 12.2. The number of nitrogens with zero attached hydrogens (tertiary/aromatic N) is 4. The van der Waals surface area contributed by atoms with E-state index in [1.54, 1.807) is 38.4 Å². The van der Waals surface area contributed by atoms with Gasteiger partial charge in [0.1, 0.15) is 6.10 Å². The lowest BCUT2D eigenvalue weighted by Gasteiger charge is -2.22. The highest BCUT2D eigenvalue weighted by Gasteiger charge is 2.31. The van der Waals surface area contributed by atoms with Crippen molar-refractivity contribution in [2.45, 2.75) is 59.0 Å². The Kier molecular flexibility index (Phi) is 7.62. The van der Waals surface area contributed by atoms with Gasteiger partial charge in [0.2, 0.25) is 0 Å². The first-order valence-electron chi connectivity index (χ1n) is 12.2. The minimum Gasteiger partial charge on any atom is -0.478 e. The highest BCUT2D eigenvalue weighted by molar-refractivity contribution is 6.30. The molecule has 2 aromatic carbocycles. The molecule has 2 atom stereocenters. The summed E-state index contributed by atoms with van der Waals surface area (Å²) in [5.74, 6) is -1.05. The number of hydrogen-bond donors (Lipinski definition) is 2. The van der Waals surface area contributed by atoms with Gasteiger partial charge in [-0.25, -0.2) is 10.0 Å². The zero-order valence-electron chi connectivity index (χ0n) is 22.3. The Balaban J connectivity index is 1.74. The summed E-state index contributed by atoms with van der Waals surface area (Å²) < 4.78 is 6.15. The number of halogens is 1. The summed E-state index contributed by atoms with van der Waals surface area (Å²) in [4.78, 5) is 23.0. The Hall–Kier alpha value is -3.69. The second-order valence-corrected chi connectivity index (χ2v) is 10.7. The van der Waals surface area contributed by atoms with Crippen LogP contribution in [0.1, 0.15) is 78.2 Å². The normalized spacial score (nSPS) is 16.2. The van der Waals surface area contributed by atoms with Crippen LogP contribution in [0.5, 0.6) is 0 Å². The molecule has 0 bridgehead atoms. The van der Waals surface area contributed by atoms with Crippen LogP contribution >= 0.6 is 11.6 Å². The molecule has 9 nitrogen and oxygen atoms in total. The van der Waals surface area contributed by atoms with Crippen molar-refractivity contribution in [1.82, 2.24) is 9.99 Å². The molecular weight excluding hydrogens is 508 g/mol. The summed E-state index contributed by atoms with van der Waals surface area (Å²) in [6, 6.07) is 12.5. The van der Waals surface area contributed by atoms with Crippen LogP contribution < -0.4 is 0 Å². The molecule has 0 amide bonds. The average Bonchev–Trinajstić information content (AvgIpc) is 3.30. The fraction of sp³-hybridized carbons (Fsp3) is 0.357. The van der Waals surface area contributed by atoms with E-state index in [0.717, 1.165) is 22.3 Å². The van der Waals surface area contributed by atoms with Crippen LogP contribution in [-0.2, 0) is 16.2 Å². The molecule has 2 N–H and O–H groups in total. The van der Waals surface area contributed by atoms with E-state index in [-0.39, 0.29) is 17.2 Å². The largest absolute Gasteiger partial charge is 0.478 e. The maximum Gasteiger partial charge on any atom is 0.336 e. The summed E-state index contributed by atoms with van der Waals surface area (Å²) in [6.07, 6.45) is 0.876. The Bertz CT molecular complexity index is 1390.